The Morgan fingerprint density at radius 3 is 2.43 bits per heavy atom. The molecule has 0 unspecified atom stereocenters. The molecule has 2 amide bonds. The highest BCUT2D eigenvalue weighted by Gasteiger charge is 2.19. The number of nitrogens with zero attached hydrogens (tertiary/aromatic N) is 3. The second-order valence-corrected chi connectivity index (χ2v) is 8.03. The van der Waals surface area contributed by atoms with Gasteiger partial charge < -0.3 is 15.1 Å². The molecule has 0 aliphatic carbocycles. The van der Waals surface area contributed by atoms with Crippen molar-refractivity contribution in [3.8, 4) is 0 Å². The van der Waals surface area contributed by atoms with Crippen LogP contribution in [0.15, 0.2) is 29.6 Å². The Morgan fingerprint density at radius 2 is 1.86 bits per heavy atom. The first-order valence-electron chi connectivity index (χ1n) is 9.64. The van der Waals surface area contributed by atoms with Gasteiger partial charge in [-0.3, -0.25) is 9.59 Å². The zero-order valence-electron chi connectivity index (χ0n) is 17.2. The second kappa shape index (κ2) is 10.9. The summed E-state index contributed by atoms with van der Waals surface area (Å²) >= 11 is 1.38. The summed E-state index contributed by atoms with van der Waals surface area (Å²) in [7, 11) is 3.90. The third-order valence-corrected chi connectivity index (χ3v) is 5.20. The van der Waals surface area contributed by atoms with E-state index in [1.54, 1.807) is 4.90 Å². The van der Waals surface area contributed by atoms with Crippen molar-refractivity contribution in [2.45, 2.75) is 33.1 Å². The zero-order valence-corrected chi connectivity index (χ0v) is 18.0. The van der Waals surface area contributed by atoms with Crippen molar-refractivity contribution in [2.75, 3.05) is 39.0 Å². The molecule has 6 nitrogen and oxygen atoms in total. The summed E-state index contributed by atoms with van der Waals surface area (Å²) in [6.07, 6.45) is 3.30. The lowest BCUT2D eigenvalue weighted by atomic mass is 10.1. The van der Waals surface area contributed by atoms with Gasteiger partial charge in [-0.15, -0.1) is 11.3 Å². The smallest absolute Gasteiger partial charge is 0.254 e. The summed E-state index contributed by atoms with van der Waals surface area (Å²) in [6.45, 7) is 5.21. The maximum Gasteiger partial charge on any atom is 0.254 e. The molecular formula is C21H30N4O2S. The minimum absolute atomic E-state index is 0.00286. The van der Waals surface area contributed by atoms with Gasteiger partial charge in [0.2, 0.25) is 5.91 Å². The summed E-state index contributed by atoms with van der Waals surface area (Å²) in [6, 6.07) is 7.73. The van der Waals surface area contributed by atoms with E-state index < -0.39 is 0 Å². The van der Waals surface area contributed by atoms with Crippen LogP contribution in [0, 0.1) is 6.92 Å². The van der Waals surface area contributed by atoms with Gasteiger partial charge in [0, 0.05) is 24.0 Å². The van der Waals surface area contributed by atoms with E-state index in [4.69, 9.17) is 0 Å². The van der Waals surface area contributed by atoms with E-state index >= 15 is 0 Å². The van der Waals surface area contributed by atoms with Crippen LogP contribution in [0.4, 0.5) is 5.13 Å². The van der Waals surface area contributed by atoms with Crippen LogP contribution in [0.2, 0.25) is 0 Å². The number of unbranched alkanes of at least 4 members (excludes halogenated alkanes) is 1. The Balaban J connectivity index is 2.05. The van der Waals surface area contributed by atoms with Gasteiger partial charge in [-0.25, -0.2) is 4.98 Å². The first kappa shape index (κ1) is 22.0. The molecule has 0 bridgehead atoms. The minimum atomic E-state index is -0.235. The fourth-order valence-corrected chi connectivity index (χ4v) is 3.40. The number of nitrogens with one attached hydrogen (secondary N) is 1. The van der Waals surface area contributed by atoms with Crippen LogP contribution in [0.25, 0.3) is 0 Å². The van der Waals surface area contributed by atoms with E-state index in [-0.39, 0.29) is 18.4 Å². The number of hydrogen-bond acceptors (Lipinski definition) is 5. The number of thiazole rings is 1. The normalized spacial score (nSPS) is 10.9. The van der Waals surface area contributed by atoms with Gasteiger partial charge in [-0.05, 0) is 51.6 Å². The molecule has 0 radical (unpaired) electrons. The monoisotopic (exact) mass is 402 g/mol. The molecule has 0 fully saturated rings. The van der Waals surface area contributed by atoms with Crippen molar-refractivity contribution in [2.24, 2.45) is 0 Å². The molecule has 2 rings (SSSR count). The van der Waals surface area contributed by atoms with Gasteiger partial charge in [0.15, 0.2) is 5.13 Å². The van der Waals surface area contributed by atoms with Crippen molar-refractivity contribution in [1.82, 2.24) is 14.8 Å². The third-order valence-electron chi connectivity index (χ3n) is 4.32. The van der Waals surface area contributed by atoms with E-state index in [0.717, 1.165) is 25.0 Å². The summed E-state index contributed by atoms with van der Waals surface area (Å²) < 4.78 is 0. The Hall–Kier alpha value is -2.25. The Labute approximate surface area is 171 Å². The van der Waals surface area contributed by atoms with E-state index in [9.17, 15) is 9.59 Å². The van der Waals surface area contributed by atoms with E-state index in [1.165, 1.54) is 16.9 Å². The van der Waals surface area contributed by atoms with Crippen LogP contribution in [-0.2, 0) is 11.2 Å². The van der Waals surface area contributed by atoms with Crippen molar-refractivity contribution in [1.29, 1.82) is 0 Å². The highest BCUT2D eigenvalue weighted by atomic mass is 32.1. The number of carbonyl (C=O) groups excluding carboxylic acids is 2. The maximum atomic E-state index is 13.0. The minimum Gasteiger partial charge on any atom is -0.328 e. The van der Waals surface area contributed by atoms with Gasteiger partial charge in [0.1, 0.15) is 6.54 Å². The quantitative estimate of drug-likeness (QED) is 0.661. The van der Waals surface area contributed by atoms with Gasteiger partial charge in [0.05, 0.1) is 5.69 Å². The molecular weight excluding hydrogens is 372 g/mol. The molecule has 0 saturated heterocycles. The molecule has 152 valence electrons. The van der Waals surface area contributed by atoms with Crippen LogP contribution in [0.3, 0.4) is 0 Å². The van der Waals surface area contributed by atoms with Crippen LogP contribution in [0.5, 0.6) is 0 Å². The molecule has 1 aromatic heterocycles. The number of anilines is 1. The third kappa shape index (κ3) is 7.05. The molecule has 7 heteroatoms. The molecule has 2 aromatic rings. The van der Waals surface area contributed by atoms with E-state index in [1.807, 2.05) is 55.6 Å². The molecule has 1 heterocycles. The molecule has 0 aliphatic heterocycles. The van der Waals surface area contributed by atoms with Crippen molar-refractivity contribution in [3.63, 3.8) is 0 Å². The van der Waals surface area contributed by atoms with Crippen LogP contribution in [0.1, 0.15) is 41.4 Å². The number of likely N-dealkylation sites (N-methyl/N-ethyl adjacent to an activating group) is 1. The average molecular weight is 403 g/mol. The highest BCUT2D eigenvalue weighted by Crippen LogP contribution is 2.15. The Morgan fingerprint density at radius 1 is 1.14 bits per heavy atom. The van der Waals surface area contributed by atoms with Crippen LogP contribution >= 0.6 is 11.3 Å². The topological polar surface area (TPSA) is 65.5 Å². The van der Waals surface area contributed by atoms with Crippen LogP contribution in [-0.4, -0.2) is 60.3 Å². The first-order chi connectivity index (χ1) is 13.4. The second-order valence-electron chi connectivity index (χ2n) is 7.17. The molecule has 1 aromatic carbocycles. The zero-order chi connectivity index (χ0) is 20.5. The first-order valence-corrected chi connectivity index (χ1v) is 10.5. The lowest BCUT2D eigenvalue weighted by Gasteiger charge is -2.24. The number of rotatable bonds is 10. The predicted octanol–water partition coefficient (Wildman–Crippen LogP) is 3.44. The maximum absolute atomic E-state index is 13.0. The van der Waals surface area contributed by atoms with Crippen molar-refractivity contribution in [3.05, 3.63) is 46.5 Å². The molecule has 28 heavy (non-hydrogen) atoms. The Bertz CT molecular complexity index is 771. The molecule has 1 N–H and O–H groups in total. The summed E-state index contributed by atoms with van der Waals surface area (Å²) in [5, 5.41) is 5.22. The molecule has 0 aliphatic rings. The average Bonchev–Trinajstić information content (AvgIpc) is 3.07. The lowest BCUT2D eigenvalue weighted by molar-refractivity contribution is -0.116. The largest absolute Gasteiger partial charge is 0.328 e. The highest BCUT2D eigenvalue weighted by molar-refractivity contribution is 7.13. The van der Waals surface area contributed by atoms with E-state index in [0.29, 0.717) is 23.8 Å². The fraction of sp³-hybridized carbons (Fsp3) is 0.476. The predicted molar refractivity (Wildman–Crippen MR) is 115 cm³/mol. The number of benzene rings is 1. The SMILES string of the molecule is CCCCc1ccc(C(=O)N(CCN(C)C)CC(=O)Nc2nc(C)cs2)cc1. The molecule has 0 saturated carbocycles. The van der Waals surface area contributed by atoms with Gasteiger partial charge in [-0.1, -0.05) is 25.5 Å². The summed E-state index contributed by atoms with van der Waals surface area (Å²) in [5.41, 5.74) is 2.70. The fourth-order valence-electron chi connectivity index (χ4n) is 2.69. The number of aryl methyl sites for hydroxylation is 2. The van der Waals surface area contributed by atoms with Gasteiger partial charge in [0.25, 0.3) is 5.91 Å². The van der Waals surface area contributed by atoms with E-state index in [2.05, 4.69) is 17.2 Å². The summed E-state index contributed by atoms with van der Waals surface area (Å²) in [4.78, 5) is 33.3. The van der Waals surface area contributed by atoms with Gasteiger partial charge in [-0.2, -0.15) is 0 Å². The number of carbonyl (C=O) groups is 2. The van der Waals surface area contributed by atoms with Crippen LogP contribution < -0.4 is 5.32 Å². The van der Waals surface area contributed by atoms with Crippen molar-refractivity contribution < 1.29 is 9.59 Å². The van der Waals surface area contributed by atoms with Crippen molar-refractivity contribution >= 4 is 28.3 Å². The number of aromatic nitrogens is 1. The summed E-state index contributed by atoms with van der Waals surface area (Å²) in [5.74, 6) is -0.365. The number of hydrogen-bond donors (Lipinski definition) is 1. The number of amides is 2. The lowest BCUT2D eigenvalue weighted by Crippen LogP contribution is -2.41. The standard InChI is InChI=1S/C21H30N4O2S/c1-5-6-7-17-8-10-18(11-9-17)20(27)25(13-12-24(3)4)14-19(26)23-21-22-16(2)15-28-21/h8-11,15H,5-7,12-14H2,1-4H3,(H,22,23,26). The molecule has 0 atom stereocenters. The van der Waals surface area contributed by atoms with Gasteiger partial charge >= 0.3 is 0 Å². The molecule has 0 spiro atoms. The Kier molecular flexibility index (Phi) is 8.60.